The van der Waals surface area contributed by atoms with E-state index in [4.69, 9.17) is 0 Å². The number of hydrogen-bond donors (Lipinski definition) is 0. The van der Waals surface area contributed by atoms with Crippen molar-refractivity contribution in [3.8, 4) is 5.75 Å². The van der Waals surface area contributed by atoms with Crippen LogP contribution in [0.1, 0.15) is 5.56 Å². The maximum atomic E-state index is 12.4. The fourth-order valence-electron chi connectivity index (χ4n) is 1.17. The Kier molecular flexibility index (Phi) is 3.62. The van der Waals surface area contributed by atoms with Crippen molar-refractivity contribution in [2.75, 3.05) is 19.0 Å². The van der Waals surface area contributed by atoms with Crippen molar-refractivity contribution in [1.29, 1.82) is 0 Å². The van der Waals surface area contributed by atoms with E-state index in [0.29, 0.717) is 5.69 Å². The zero-order chi connectivity index (χ0) is 12.3. The quantitative estimate of drug-likeness (QED) is 0.749. The molecule has 0 aliphatic heterocycles. The van der Waals surface area contributed by atoms with Crippen molar-refractivity contribution in [3.05, 3.63) is 23.8 Å². The van der Waals surface area contributed by atoms with Gasteiger partial charge in [0.05, 0.1) is 0 Å². The van der Waals surface area contributed by atoms with E-state index in [1.807, 2.05) is 0 Å². The molecule has 0 heterocycles. The predicted molar refractivity (Wildman–Crippen MR) is 52.3 cm³/mol. The first kappa shape index (κ1) is 12.6. The van der Waals surface area contributed by atoms with Gasteiger partial charge in [0, 0.05) is 25.8 Å². The monoisotopic (exact) mass is 237 g/mol. The van der Waals surface area contributed by atoms with Crippen molar-refractivity contribution < 1.29 is 22.3 Å². The molecule has 90 valence electrons. The number of nitrogens with zero attached hydrogens (tertiary/aromatic N) is 1. The summed E-state index contributed by atoms with van der Waals surface area (Å²) in [5, 5.41) is 0. The van der Waals surface area contributed by atoms with Gasteiger partial charge in [0.15, 0.2) is 0 Å². The molecule has 0 bridgehead atoms. The minimum Gasteiger partial charge on any atom is -0.406 e. The normalized spacial score (nSPS) is 11.4. The molecular formula is C10H11F4NO. The standard InChI is InChI=1S/C10H11F4NO/c1-15(2)8-3-7(6-11)4-9(5-8)16-10(12,13)14/h3-5H,6H2,1-2H3. The van der Waals surface area contributed by atoms with E-state index in [1.54, 1.807) is 19.0 Å². The first-order chi connectivity index (χ1) is 7.31. The second kappa shape index (κ2) is 4.59. The summed E-state index contributed by atoms with van der Waals surface area (Å²) in [6.07, 6.45) is -4.77. The average molecular weight is 237 g/mol. The van der Waals surface area contributed by atoms with E-state index in [9.17, 15) is 17.6 Å². The second-order valence-electron chi connectivity index (χ2n) is 3.41. The Hall–Kier alpha value is -1.46. The Morgan fingerprint density at radius 1 is 1.19 bits per heavy atom. The van der Waals surface area contributed by atoms with Gasteiger partial charge in [-0.3, -0.25) is 0 Å². The van der Waals surface area contributed by atoms with Crippen LogP contribution >= 0.6 is 0 Å². The molecule has 0 fully saturated rings. The highest BCUT2D eigenvalue weighted by Crippen LogP contribution is 2.28. The van der Waals surface area contributed by atoms with E-state index >= 15 is 0 Å². The lowest BCUT2D eigenvalue weighted by atomic mass is 10.2. The summed E-state index contributed by atoms with van der Waals surface area (Å²) >= 11 is 0. The highest BCUT2D eigenvalue weighted by atomic mass is 19.4. The molecule has 1 rings (SSSR count). The van der Waals surface area contributed by atoms with Gasteiger partial charge < -0.3 is 9.64 Å². The van der Waals surface area contributed by atoms with Crippen molar-refractivity contribution in [1.82, 2.24) is 0 Å². The van der Waals surface area contributed by atoms with Crippen LogP contribution in [0.5, 0.6) is 5.75 Å². The zero-order valence-corrected chi connectivity index (χ0v) is 8.81. The summed E-state index contributed by atoms with van der Waals surface area (Å²) < 4.78 is 52.1. The highest BCUT2D eigenvalue weighted by Gasteiger charge is 2.31. The maximum Gasteiger partial charge on any atom is 0.573 e. The van der Waals surface area contributed by atoms with Gasteiger partial charge in [-0.05, 0) is 17.7 Å². The third-order valence-corrected chi connectivity index (χ3v) is 1.86. The molecule has 0 spiro atoms. The van der Waals surface area contributed by atoms with Crippen LogP contribution in [0, 0.1) is 0 Å². The van der Waals surface area contributed by atoms with Gasteiger partial charge in [-0.25, -0.2) is 4.39 Å². The third kappa shape index (κ3) is 3.60. The molecule has 0 aliphatic carbocycles. The molecule has 0 aromatic heterocycles. The zero-order valence-electron chi connectivity index (χ0n) is 8.81. The predicted octanol–water partition coefficient (Wildman–Crippen LogP) is 3.12. The summed E-state index contributed by atoms with van der Waals surface area (Å²) in [6.45, 7) is -0.837. The topological polar surface area (TPSA) is 12.5 Å². The van der Waals surface area contributed by atoms with Crippen LogP contribution in [-0.2, 0) is 6.67 Å². The molecule has 6 heteroatoms. The SMILES string of the molecule is CN(C)c1cc(CF)cc(OC(F)(F)F)c1. The van der Waals surface area contributed by atoms with Gasteiger partial charge in [0.1, 0.15) is 12.4 Å². The summed E-state index contributed by atoms with van der Waals surface area (Å²) in [6, 6.07) is 3.69. The van der Waals surface area contributed by atoms with Gasteiger partial charge in [-0.2, -0.15) is 0 Å². The van der Waals surface area contributed by atoms with Crippen LogP contribution < -0.4 is 9.64 Å². The van der Waals surface area contributed by atoms with Gasteiger partial charge in [0.25, 0.3) is 0 Å². The summed E-state index contributed by atoms with van der Waals surface area (Å²) in [7, 11) is 3.30. The van der Waals surface area contributed by atoms with Gasteiger partial charge in [-0.1, -0.05) is 0 Å². The van der Waals surface area contributed by atoms with E-state index in [1.165, 1.54) is 12.1 Å². The van der Waals surface area contributed by atoms with Crippen LogP contribution in [0.3, 0.4) is 0 Å². The van der Waals surface area contributed by atoms with E-state index in [2.05, 4.69) is 4.74 Å². The molecular weight excluding hydrogens is 226 g/mol. The number of rotatable bonds is 3. The van der Waals surface area contributed by atoms with E-state index in [0.717, 1.165) is 6.07 Å². The van der Waals surface area contributed by atoms with Crippen molar-refractivity contribution in [3.63, 3.8) is 0 Å². The molecule has 1 aromatic carbocycles. The van der Waals surface area contributed by atoms with Gasteiger partial charge >= 0.3 is 6.36 Å². The molecule has 0 saturated carbocycles. The fourth-order valence-corrected chi connectivity index (χ4v) is 1.17. The molecule has 0 N–H and O–H groups in total. The van der Waals surface area contributed by atoms with Crippen LogP contribution in [0.15, 0.2) is 18.2 Å². The summed E-state index contributed by atoms with van der Waals surface area (Å²) in [5.74, 6) is -0.411. The molecule has 1 aromatic rings. The van der Waals surface area contributed by atoms with E-state index < -0.39 is 18.8 Å². The number of anilines is 1. The average Bonchev–Trinajstić information content (AvgIpc) is 2.14. The second-order valence-corrected chi connectivity index (χ2v) is 3.41. The molecule has 0 saturated heterocycles. The Morgan fingerprint density at radius 2 is 1.81 bits per heavy atom. The molecule has 0 aliphatic rings. The van der Waals surface area contributed by atoms with Crippen molar-refractivity contribution in [2.45, 2.75) is 13.0 Å². The highest BCUT2D eigenvalue weighted by molar-refractivity contribution is 5.52. The number of hydrogen-bond acceptors (Lipinski definition) is 2. The summed E-state index contributed by atoms with van der Waals surface area (Å²) in [4.78, 5) is 1.57. The van der Waals surface area contributed by atoms with Crippen molar-refractivity contribution in [2.24, 2.45) is 0 Å². The molecule has 0 radical (unpaired) electrons. The van der Waals surface area contributed by atoms with Crippen LogP contribution in [0.4, 0.5) is 23.2 Å². The van der Waals surface area contributed by atoms with Gasteiger partial charge in [-0.15, -0.1) is 13.2 Å². The maximum absolute atomic E-state index is 12.4. The molecule has 0 unspecified atom stereocenters. The van der Waals surface area contributed by atoms with Crippen molar-refractivity contribution >= 4 is 5.69 Å². The minimum absolute atomic E-state index is 0.144. The van der Waals surface area contributed by atoms with Crippen LogP contribution in [-0.4, -0.2) is 20.5 Å². The Bertz CT molecular complexity index is 362. The number of benzene rings is 1. The van der Waals surface area contributed by atoms with Crippen LogP contribution in [0.25, 0.3) is 0 Å². The molecule has 2 nitrogen and oxygen atoms in total. The number of alkyl halides is 4. The van der Waals surface area contributed by atoms with Gasteiger partial charge in [0.2, 0.25) is 0 Å². The molecule has 16 heavy (non-hydrogen) atoms. The lowest BCUT2D eigenvalue weighted by Gasteiger charge is -2.16. The summed E-state index contributed by atoms with van der Waals surface area (Å²) in [5.41, 5.74) is 0.597. The molecule has 0 atom stereocenters. The fraction of sp³-hybridized carbons (Fsp3) is 0.400. The first-order valence-corrected chi connectivity index (χ1v) is 4.45. The van der Waals surface area contributed by atoms with Crippen LogP contribution in [0.2, 0.25) is 0 Å². The minimum atomic E-state index is -4.77. The molecule has 0 amide bonds. The lowest BCUT2D eigenvalue weighted by Crippen LogP contribution is -2.18. The Morgan fingerprint density at radius 3 is 2.25 bits per heavy atom. The number of ether oxygens (including phenoxy) is 1. The smallest absolute Gasteiger partial charge is 0.406 e. The van der Waals surface area contributed by atoms with E-state index in [-0.39, 0.29) is 5.56 Å². The largest absolute Gasteiger partial charge is 0.573 e. The Labute approximate surface area is 90.4 Å². The first-order valence-electron chi connectivity index (χ1n) is 4.45. The Balaban J connectivity index is 3.04. The number of halogens is 4. The third-order valence-electron chi connectivity index (χ3n) is 1.86. The lowest BCUT2D eigenvalue weighted by molar-refractivity contribution is -0.274.